The molecule has 0 saturated carbocycles. The molecule has 0 aliphatic carbocycles. The lowest BCUT2D eigenvalue weighted by atomic mass is 10.0. The summed E-state index contributed by atoms with van der Waals surface area (Å²) < 4.78 is 7.27. The van der Waals surface area contributed by atoms with Crippen molar-refractivity contribution in [1.29, 1.82) is 0 Å². The Labute approximate surface area is 225 Å². The molecule has 0 bridgehead atoms. The van der Waals surface area contributed by atoms with Gasteiger partial charge in [0.25, 0.3) is 5.78 Å². The van der Waals surface area contributed by atoms with Crippen LogP contribution in [0.1, 0.15) is 11.3 Å². The van der Waals surface area contributed by atoms with E-state index in [0.717, 1.165) is 38.7 Å². The Bertz CT molecular complexity index is 2050. The Morgan fingerprint density at radius 3 is 2.69 bits per heavy atom. The Morgan fingerprint density at radius 1 is 0.949 bits per heavy atom. The van der Waals surface area contributed by atoms with Crippen molar-refractivity contribution >= 4 is 50.9 Å². The van der Waals surface area contributed by atoms with Crippen LogP contribution < -0.4 is 10.9 Å². The van der Waals surface area contributed by atoms with Crippen LogP contribution in [0.5, 0.6) is 0 Å². The van der Waals surface area contributed by atoms with Gasteiger partial charge in [0.05, 0.1) is 5.69 Å². The number of nitrogens with zero attached hydrogens (tertiary/aromatic N) is 5. The lowest BCUT2D eigenvalue weighted by molar-refractivity contribution is 0.563. The van der Waals surface area contributed by atoms with E-state index in [1.807, 2.05) is 85.8 Å². The minimum absolute atomic E-state index is 0.380. The van der Waals surface area contributed by atoms with Crippen molar-refractivity contribution in [2.24, 2.45) is 0 Å². The number of aromatic nitrogens is 6. The molecule has 2 N–H and O–H groups in total. The van der Waals surface area contributed by atoms with Gasteiger partial charge in [-0.2, -0.15) is 14.6 Å². The smallest absolute Gasteiger partial charge is 0.336 e. The number of rotatable bonds is 6. The Balaban J connectivity index is 1.19. The number of anilines is 2. The number of thioether (sulfide) groups is 1. The quantitative estimate of drug-likeness (QED) is 0.150. The first-order valence-electron chi connectivity index (χ1n) is 12.3. The normalized spacial score (nSPS) is 11.5. The third-order valence-corrected chi connectivity index (χ3v) is 7.30. The number of H-pyrrole nitrogens is 1. The second kappa shape index (κ2) is 9.41. The van der Waals surface area contributed by atoms with E-state index in [2.05, 4.69) is 30.6 Å². The molecule has 0 fully saturated rings. The number of aromatic amines is 1. The SMILES string of the molecule is Cc1cc(Nc2cc(-c3ccccc3)[nH]n2)n2nc(SCc3cc(=O)oc4c3ccc3ccccc34)nc2n1. The molecule has 7 rings (SSSR count). The molecule has 10 heteroatoms. The molecule has 0 amide bonds. The fraction of sp³-hybridized carbons (Fsp3) is 0.0690. The maximum absolute atomic E-state index is 12.4. The molecule has 0 saturated heterocycles. The summed E-state index contributed by atoms with van der Waals surface area (Å²) in [6.45, 7) is 1.91. The van der Waals surface area contributed by atoms with Gasteiger partial charge in [0.2, 0.25) is 5.16 Å². The zero-order chi connectivity index (χ0) is 26.3. The summed E-state index contributed by atoms with van der Waals surface area (Å²) in [5.74, 6) is 2.32. The molecule has 7 aromatic rings. The lowest BCUT2D eigenvalue weighted by Gasteiger charge is -2.07. The highest BCUT2D eigenvalue weighted by molar-refractivity contribution is 7.98. The molecule has 0 radical (unpaired) electrons. The molecule has 3 aromatic carbocycles. The van der Waals surface area contributed by atoms with E-state index >= 15 is 0 Å². The molecule has 0 aliphatic heterocycles. The summed E-state index contributed by atoms with van der Waals surface area (Å²) in [6.07, 6.45) is 0. The zero-order valence-electron chi connectivity index (χ0n) is 20.8. The highest BCUT2D eigenvalue weighted by Crippen LogP contribution is 2.30. The molecular weight excluding hydrogens is 510 g/mol. The summed E-state index contributed by atoms with van der Waals surface area (Å²) >= 11 is 1.44. The van der Waals surface area contributed by atoms with Gasteiger partial charge in [0, 0.05) is 40.4 Å². The van der Waals surface area contributed by atoms with Gasteiger partial charge in [-0.15, -0.1) is 5.10 Å². The zero-order valence-corrected chi connectivity index (χ0v) is 21.6. The van der Waals surface area contributed by atoms with E-state index < -0.39 is 0 Å². The highest BCUT2D eigenvalue weighted by Gasteiger charge is 2.15. The summed E-state index contributed by atoms with van der Waals surface area (Å²) in [5.41, 5.74) is 3.83. The summed E-state index contributed by atoms with van der Waals surface area (Å²) in [4.78, 5) is 21.6. The van der Waals surface area contributed by atoms with Gasteiger partial charge in [-0.05, 0) is 23.4 Å². The van der Waals surface area contributed by atoms with Crippen LogP contribution in [0.3, 0.4) is 0 Å². The Morgan fingerprint density at radius 2 is 1.79 bits per heavy atom. The van der Waals surface area contributed by atoms with Crippen molar-refractivity contribution in [3.8, 4) is 11.3 Å². The van der Waals surface area contributed by atoms with Crippen LogP contribution in [-0.4, -0.2) is 29.8 Å². The van der Waals surface area contributed by atoms with Crippen molar-refractivity contribution in [1.82, 2.24) is 29.8 Å². The first kappa shape index (κ1) is 23.2. The summed E-state index contributed by atoms with van der Waals surface area (Å²) in [5, 5.41) is 18.9. The van der Waals surface area contributed by atoms with Crippen molar-refractivity contribution in [3.63, 3.8) is 0 Å². The van der Waals surface area contributed by atoms with Gasteiger partial charge in [0.15, 0.2) is 5.82 Å². The Kier molecular flexibility index (Phi) is 5.59. The van der Waals surface area contributed by atoms with Crippen molar-refractivity contribution in [2.45, 2.75) is 17.8 Å². The predicted molar refractivity (Wildman–Crippen MR) is 152 cm³/mol. The van der Waals surface area contributed by atoms with E-state index in [1.165, 1.54) is 17.8 Å². The molecule has 0 aliphatic rings. The van der Waals surface area contributed by atoms with E-state index in [-0.39, 0.29) is 5.63 Å². The molecule has 190 valence electrons. The van der Waals surface area contributed by atoms with Gasteiger partial charge >= 0.3 is 5.63 Å². The number of fused-ring (bicyclic) bond motifs is 4. The van der Waals surface area contributed by atoms with Crippen molar-refractivity contribution < 1.29 is 4.42 Å². The van der Waals surface area contributed by atoms with E-state index in [1.54, 1.807) is 4.52 Å². The van der Waals surface area contributed by atoms with Gasteiger partial charge in [-0.3, -0.25) is 5.10 Å². The number of aryl methyl sites for hydroxylation is 1. The van der Waals surface area contributed by atoms with Gasteiger partial charge in [-0.25, -0.2) is 9.78 Å². The van der Waals surface area contributed by atoms with E-state index in [4.69, 9.17) is 4.42 Å². The second-order valence-electron chi connectivity index (χ2n) is 9.09. The maximum atomic E-state index is 12.4. The molecule has 4 heterocycles. The van der Waals surface area contributed by atoms with Crippen molar-refractivity contribution in [2.75, 3.05) is 5.32 Å². The minimum Gasteiger partial charge on any atom is -0.422 e. The summed E-state index contributed by atoms with van der Waals surface area (Å²) in [7, 11) is 0. The van der Waals surface area contributed by atoms with Crippen molar-refractivity contribution in [3.05, 3.63) is 107 Å². The van der Waals surface area contributed by atoms with Crippen LogP contribution in [0.2, 0.25) is 0 Å². The molecule has 0 atom stereocenters. The number of hydrogen-bond acceptors (Lipinski definition) is 8. The first-order chi connectivity index (χ1) is 19.1. The predicted octanol–water partition coefficient (Wildman–Crippen LogP) is 6.12. The number of benzene rings is 3. The number of hydrogen-bond donors (Lipinski definition) is 2. The molecule has 39 heavy (non-hydrogen) atoms. The third kappa shape index (κ3) is 4.40. The highest BCUT2D eigenvalue weighted by atomic mass is 32.2. The topological polar surface area (TPSA) is 114 Å². The molecule has 4 aromatic heterocycles. The fourth-order valence-corrected chi connectivity index (χ4v) is 5.43. The van der Waals surface area contributed by atoms with Crippen LogP contribution in [0.4, 0.5) is 11.6 Å². The molecular formula is C29H21N7O2S. The van der Waals surface area contributed by atoms with Crippen LogP contribution in [0, 0.1) is 6.92 Å². The van der Waals surface area contributed by atoms with Crippen LogP contribution in [0.25, 0.3) is 38.8 Å². The Hall–Kier alpha value is -4.96. The third-order valence-electron chi connectivity index (χ3n) is 6.42. The molecule has 0 unspecified atom stereocenters. The monoisotopic (exact) mass is 531 g/mol. The van der Waals surface area contributed by atoms with Gasteiger partial charge in [0.1, 0.15) is 11.4 Å². The van der Waals surface area contributed by atoms with Crippen LogP contribution in [-0.2, 0) is 5.75 Å². The van der Waals surface area contributed by atoms with E-state index in [9.17, 15) is 4.79 Å². The molecule has 9 nitrogen and oxygen atoms in total. The lowest BCUT2D eigenvalue weighted by Crippen LogP contribution is -2.03. The standard InChI is InChI=1S/C29H21N7O2S/c1-17-13-25(31-24-15-23(33-34-24)19-8-3-2-4-9-19)36-28(30-17)32-29(35-36)39-16-20-14-26(37)38-27-21-10-6-5-7-18(21)11-12-22(20)27/h2-15H,16H2,1H3,(H2,31,33,34). The van der Waals surface area contributed by atoms with E-state index in [0.29, 0.717) is 33.9 Å². The fourth-order valence-electron chi connectivity index (χ4n) is 4.62. The summed E-state index contributed by atoms with van der Waals surface area (Å²) in [6, 6.07) is 27.3. The average Bonchev–Trinajstić information content (AvgIpc) is 3.59. The van der Waals surface area contributed by atoms with Gasteiger partial charge in [-0.1, -0.05) is 78.5 Å². The van der Waals surface area contributed by atoms with Gasteiger partial charge < -0.3 is 9.73 Å². The minimum atomic E-state index is -0.380. The number of nitrogens with one attached hydrogen (secondary N) is 2. The largest absolute Gasteiger partial charge is 0.422 e. The second-order valence-corrected chi connectivity index (χ2v) is 10.0. The first-order valence-corrected chi connectivity index (χ1v) is 13.3. The molecule has 0 spiro atoms. The van der Waals surface area contributed by atoms with Crippen LogP contribution in [0.15, 0.2) is 99.3 Å². The average molecular weight is 532 g/mol. The van der Waals surface area contributed by atoms with Crippen LogP contribution >= 0.6 is 11.8 Å². The maximum Gasteiger partial charge on any atom is 0.336 e.